The smallest absolute Gasteiger partial charge is 0.116 e. The van der Waals surface area contributed by atoms with Crippen molar-refractivity contribution in [3.63, 3.8) is 0 Å². The molecule has 4 aromatic carbocycles. The maximum Gasteiger partial charge on any atom is 0.116 e. The van der Waals surface area contributed by atoms with Crippen LogP contribution in [0.25, 0.3) is 44.1 Å². The Balaban J connectivity index is 1.72. The summed E-state index contributed by atoms with van der Waals surface area (Å²) in [5.41, 5.74) is 4.15. The van der Waals surface area contributed by atoms with E-state index >= 15 is 0 Å². The number of fused-ring (bicyclic) bond motifs is 2. The standard InChI is InChI=1S/C24H16N2/c1-3-11-19-17(7-1)9-5-13-21(19)23-15-24(26-16-25-23)22-14-6-10-18-8-2-4-12-20(18)22/h1-16H. The molecule has 0 radical (unpaired) electrons. The van der Waals surface area contributed by atoms with Gasteiger partial charge in [0.25, 0.3) is 0 Å². The first-order chi connectivity index (χ1) is 12.9. The van der Waals surface area contributed by atoms with Crippen molar-refractivity contribution in [2.45, 2.75) is 0 Å². The highest BCUT2D eigenvalue weighted by molar-refractivity contribution is 5.98. The molecule has 0 aliphatic carbocycles. The van der Waals surface area contributed by atoms with Gasteiger partial charge in [-0.2, -0.15) is 0 Å². The van der Waals surface area contributed by atoms with E-state index in [-0.39, 0.29) is 0 Å². The summed E-state index contributed by atoms with van der Waals surface area (Å²) < 4.78 is 0. The second-order valence-corrected chi connectivity index (χ2v) is 6.34. The predicted molar refractivity (Wildman–Crippen MR) is 108 cm³/mol. The number of hydrogen-bond acceptors (Lipinski definition) is 2. The molecule has 0 aliphatic heterocycles. The molecule has 0 spiro atoms. The van der Waals surface area contributed by atoms with Gasteiger partial charge in [0.15, 0.2) is 0 Å². The molecule has 0 amide bonds. The SMILES string of the molecule is c1ccc2c(-c3cc(-c4cccc5ccccc45)ncn3)cccc2c1. The predicted octanol–water partition coefficient (Wildman–Crippen LogP) is 6.12. The average molecular weight is 332 g/mol. The van der Waals surface area contributed by atoms with Gasteiger partial charge < -0.3 is 0 Å². The zero-order chi connectivity index (χ0) is 17.3. The number of hydrogen-bond donors (Lipinski definition) is 0. The topological polar surface area (TPSA) is 25.8 Å². The third-order valence-corrected chi connectivity index (χ3v) is 4.80. The van der Waals surface area contributed by atoms with E-state index in [4.69, 9.17) is 0 Å². The van der Waals surface area contributed by atoms with Gasteiger partial charge in [0, 0.05) is 11.1 Å². The molecule has 0 aliphatic rings. The molecule has 0 bridgehead atoms. The minimum Gasteiger partial charge on any atom is -0.236 e. The lowest BCUT2D eigenvalue weighted by atomic mass is 9.99. The van der Waals surface area contributed by atoms with Gasteiger partial charge in [-0.25, -0.2) is 9.97 Å². The summed E-state index contributed by atoms with van der Waals surface area (Å²) in [6.07, 6.45) is 1.66. The minimum absolute atomic E-state index is 0.944. The van der Waals surface area contributed by atoms with Crippen LogP contribution in [0.3, 0.4) is 0 Å². The van der Waals surface area contributed by atoms with Gasteiger partial charge in [-0.3, -0.25) is 0 Å². The van der Waals surface area contributed by atoms with Crippen molar-refractivity contribution < 1.29 is 0 Å². The largest absolute Gasteiger partial charge is 0.236 e. The van der Waals surface area contributed by atoms with Gasteiger partial charge in [0.1, 0.15) is 6.33 Å². The zero-order valence-corrected chi connectivity index (χ0v) is 14.1. The third kappa shape index (κ3) is 2.44. The van der Waals surface area contributed by atoms with Crippen molar-refractivity contribution in [1.82, 2.24) is 9.97 Å². The molecule has 2 heteroatoms. The van der Waals surface area contributed by atoms with Crippen LogP contribution >= 0.6 is 0 Å². The number of aromatic nitrogens is 2. The van der Waals surface area contributed by atoms with Crippen LogP contribution in [0.5, 0.6) is 0 Å². The van der Waals surface area contributed by atoms with Gasteiger partial charge in [-0.05, 0) is 27.6 Å². The van der Waals surface area contributed by atoms with Crippen LogP contribution in [-0.4, -0.2) is 9.97 Å². The van der Waals surface area contributed by atoms with E-state index in [2.05, 4.69) is 101 Å². The van der Waals surface area contributed by atoms with Crippen LogP contribution in [0, 0.1) is 0 Å². The fraction of sp³-hybridized carbons (Fsp3) is 0. The molecule has 0 fully saturated rings. The Hall–Kier alpha value is -3.52. The molecular formula is C24H16N2. The Kier molecular flexibility index (Phi) is 3.46. The number of nitrogens with zero attached hydrogens (tertiary/aromatic N) is 2. The summed E-state index contributed by atoms with van der Waals surface area (Å²) in [4.78, 5) is 9.11. The summed E-state index contributed by atoms with van der Waals surface area (Å²) in [7, 11) is 0. The van der Waals surface area contributed by atoms with E-state index in [0.717, 1.165) is 22.5 Å². The van der Waals surface area contributed by atoms with Crippen LogP contribution in [-0.2, 0) is 0 Å². The highest BCUT2D eigenvalue weighted by Crippen LogP contribution is 2.31. The van der Waals surface area contributed by atoms with Crippen molar-refractivity contribution in [3.05, 3.63) is 97.3 Å². The summed E-state index contributed by atoms with van der Waals surface area (Å²) >= 11 is 0. The van der Waals surface area contributed by atoms with Crippen molar-refractivity contribution in [2.75, 3.05) is 0 Å². The third-order valence-electron chi connectivity index (χ3n) is 4.80. The summed E-state index contributed by atoms with van der Waals surface area (Å²) in [6.45, 7) is 0. The lowest BCUT2D eigenvalue weighted by Gasteiger charge is -2.09. The molecule has 122 valence electrons. The molecule has 5 aromatic rings. The molecule has 2 nitrogen and oxygen atoms in total. The van der Waals surface area contributed by atoms with Gasteiger partial charge >= 0.3 is 0 Å². The van der Waals surface area contributed by atoms with Crippen LogP contribution in [0.1, 0.15) is 0 Å². The van der Waals surface area contributed by atoms with Gasteiger partial charge in [-0.15, -0.1) is 0 Å². The van der Waals surface area contributed by atoms with Gasteiger partial charge in [0.05, 0.1) is 11.4 Å². The van der Waals surface area contributed by atoms with E-state index in [1.165, 1.54) is 21.5 Å². The first-order valence-electron chi connectivity index (χ1n) is 8.68. The molecule has 0 atom stereocenters. The molecule has 0 saturated heterocycles. The Bertz CT molecular complexity index is 1140. The van der Waals surface area contributed by atoms with Crippen molar-refractivity contribution >= 4 is 21.5 Å². The van der Waals surface area contributed by atoms with Crippen LogP contribution in [0.2, 0.25) is 0 Å². The lowest BCUT2D eigenvalue weighted by molar-refractivity contribution is 1.18. The molecule has 1 heterocycles. The molecule has 26 heavy (non-hydrogen) atoms. The van der Waals surface area contributed by atoms with E-state index < -0.39 is 0 Å². The zero-order valence-electron chi connectivity index (χ0n) is 14.1. The van der Waals surface area contributed by atoms with E-state index in [1.54, 1.807) is 6.33 Å². The quantitative estimate of drug-likeness (QED) is 0.389. The number of benzene rings is 4. The fourth-order valence-corrected chi connectivity index (χ4v) is 3.55. The monoisotopic (exact) mass is 332 g/mol. The van der Waals surface area contributed by atoms with E-state index in [9.17, 15) is 0 Å². The van der Waals surface area contributed by atoms with Crippen molar-refractivity contribution in [3.8, 4) is 22.5 Å². The van der Waals surface area contributed by atoms with E-state index in [0.29, 0.717) is 0 Å². The maximum atomic E-state index is 4.55. The summed E-state index contributed by atoms with van der Waals surface area (Å²) in [5.74, 6) is 0. The first-order valence-corrected chi connectivity index (χ1v) is 8.68. The minimum atomic E-state index is 0.944. The van der Waals surface area contributed by atoms with Crippen LogP contribution in [0.15, 0.2) is 97.3 Å². The Labute approximate surface area is 151 Å². The Morgan fingerprint density at radius 2 is 0.923 bits per heavy atom. The Morgan fingerprint density at radius 3 is 1.46 bits per heavy atom. The molecule has 0 unspecified atom stereocenters. The van der Waals surface area contributed by atoms with Crippen LogP contribution < -0.4 is 0 Å². The highest BCUT2D eigenvalue weighted by Gasteiger charge is 2.09. The average Bonchev–Trinajstić information content (AvgIpc) is 2.73. The summed E-state index contributed by atoms with van der Waals surface area (Å²) in [5, 5.41) is 4.85. The molecule has 1 aromatic heterocycles. The van der Waals surface area contributed by atoms with Gasteiger partial charge in [-0.1, -0.05) is 84.9 Å². The molecule has 0 N–H and O–H groups in total. The second-order valence-electron chi connectivity index (χ2n) is 6.34. The Morgan fingerprint density at radius 1 is 0.462 bits per heavy atom. The van der Waals surface area contributed by atoms with Crippen molar-refractivity contribution in [1.29, 1.82) is 0 Å². The van der Waals surface area contributed by atoms with Gasteiger partial charge in [0.2, 0.25) is 0 Å². The fourth-order valence-electron chi connectivity index (χ4n) is 3.55. The van der Waals surface area contributed by atoms with Crippen molar-refractivity contribution in [2.24, 2.45) is 0 Å². The normalized spacial score (nSPS) is 11.1. The molecule has 0 saturated carbocycles. The second kappa shape index (κ2) is 6.08. The molecule has 5 rings (SSSR count). The number of rotatable bonds is 2. The van der Waals surface area contributed by atoms with E-state index in [1.807, 2.05) is 0 Å². The first kappa shape index (κ1) is 14.8. The highest BCUT2D eigenvalue weighted by atomic mass is 14.8. The molecular weight excluding hydrogens is 316 g/mol. The van der Waals surface area contributed by atoms with Crippen LogP contribution in [0.4, 0.5) is 0 Å². The lowest BCUT2D eigenvalue weighted by Crippen LogP contribution is -1.91. The maximum absolute atomic E-state index is 4.55. The summed E-state index contributed by atoms with van der Waals surface area (Å²) in [6, 6.07) is 31.6.